The van der Waals surface area contributed by atoms with Gasteiger partial charge in [0.2, 0.25) is 0 Å². The van der Waals surface area contributed by atoms with Crippen molar-refractivity contribution in [1.29, 1.82) is 0 Å². The summed E-state index contributed by atoms with van der Waals surface area (Å²) < 4.78 is 0. The van der Waals surface area contributed by atoms with Gasteiger partial charge in [-0.05, 0) is 59.5 Å². The molecule has 0 atom stereocenters. The van der Waals surface area contributed by atoms with Gasteiger partial charge in [0.05, 0.1) is 11.4 Å². The quantitative estimate of drug-likeness (QED) is 0.143. The van der Waals surface area contributed by atoms with E-state index in [1.54, 1.807) is 0 Å². The van der Waals surface area contributed by atoms with Crippen LogP contribution in [0.3, 0.4) is 0 Å². The molecule has 0 amide bonds. The van der Waals surface area contributed by atoms with E-state index in [-0.39, 0.29) is 20.1 Å². The molecule has 0 aliphatic heterocycles. The predicted molar refractivity (Wildman–Crippen MR) is 232 cm³/mol. The van der Waals surface area contributed by atoms with E-state index in [1.165, 1.54) is 33.4 Å². The summed E-state index contributed by atoms with van der Waals surface area (Å²) in [7, 11) is 0. The molecule has 0 unspecified atom stereocenters. The van der Waals surface area contributed by atoms with Crippen LogP contribution >= 0.6 is 0 Å². The van der Waals surface area contributed by atoms with Gasteiger partial charge < -0.3 is 4.98 Å². The van der Waals surface area contributed by atoms with Crippen molar-refractivity contribution in [2.75, 3.05) is 0 Å². The van der Waals surface area contributed by atoms with Crippen LogP contribution in [0, 0.1) is 19.9 Å². The number of benzene rings is 7. The van der Waals surface area contributed by atoms with Gasteiger partial charge in [0, 0.05) is 43.0 Å². The molecule has 0 bridgehead atoms. The van der Waals surface area contributed by atoms with Gasteiger partial charge in [-0.3, -0.25) is 0 Å². The van der Waals surface area contributed by atoms with Gasteiger partial charge in [-0.2, -0.15) is 0 Å². The molecule has 0 N–H and O–H groups in total. The number of aryl methyl sites for hydroxylation is 2. The molecule has 0 aliphatic rings. The Morgan fingerprint density at radius 1 is 0.368 bits per heavy atom. The first-order valence-corrected chi connectivity index (χ1v) is 18.9. The molecule has 9 rings (SSSR count). The number of hydrogen-bond acceptors (Lipinski definition) is 3. The second-order valence-corrected chi connectivity index (χ2v) is 14.2. The minimum Gasteiger partial charge on any atom is -0.304 e. The largest absolute Gasteiger partial charge is 0.304 e. The van der Waals surface area contributed by atoms with Crippen LogP contribution in [-0.2, 0) is 20.1 Å². The molecular formula is C53H38IrN3-. The van der Waals surface area contributed by atoms with Gasteiger partial charge >= 0.3 is 0 Å². The van der Waals surface area contributed by atoms with Crippen molar-refractivity contribution in [3.05, 3.63) is 211 Å². The Bertz CT molecular complexity index is 2720. The topological polar surface area (TPSA) is 38.7 Å². The summed E-state index contributed by atoms with van der Waals surface area (Å²) >= 11 is 0. The summed E-state index contributed by atoms with van der Waals surface area (Å²) in [6.07, 6.45) is 1.88. The molecular weight excluding hydrogens is 871 g/mol. The third kappa shape index (κ3) is 8.06. The van der Waals surface area contributed by atoms with Gasteiger partial charge in [-0.1, -0.05) is 192 Å². The van der Waals surface area contributed by atoms with Crippen LogP contribution in [0.25, 0.3) is 89.7 Å². The van der Waals surface area contributed by atoms with Crippen molar-refractivity contribution in [3.63, 3.8) is 0 Å². The molecule has 275 valence electrons. The van der Waals surface area contributed by atoms with Crippen LogP contribution in [0.5, 0.6) is 0 Å². The second kappa shape index (κ2) is 16.6. The summed E-state index contributed by atoms with van der Waals surface area (Å²) in [6, 6.07) is 69.5. The fraction of sp³-hybridized carbons (Fsp3) is 0.0377. The first-order chi connectivity index (χ1) is 27.6. The average Bonchev–Trinajstić information content (AvgIpc) is 3.27. The normalized spacial score (nSPS) is 10.8. The zero-order chi connectivity index (χ0) is 37.8. The molecule has 4 heteroatoms. The molecule has 3 nitrogen and oxygen atoms in total. The monoisotopic (exact) mass is 909 g/mol. The van der Waals surface area contributed by atoms with Crippen molar-refractivity contribution in [2.24, 2.45) is 0 Å². The molecule has 0 spiro atoms. The number of nitrogens with zero attached hydrogens (tertiary/aromatic N) is 3. The number of aromatic nitrogens is 3. The van der Waals surface area contributed by atoms with Crippen molar-refractivity contribution in [2.45, 2.75) is 13.8 Å². The predicted octanol–water partition coefficient (Wildman–Crippen LogP) is 13.6. The minimum atomic E-state index is 0. The number of rotatable bonds is 8. The summed E-state index contributed by atoms with van der Waals surface area (Å²) in [5.74, 6) is 0.630. The fourth-order valence-corrected chi connectivity index (χ4v) is 7.47. The average molecular weight is 909 g/mol. The van der Waals surface area contributed by atoms with Crippen LogP contribution < -0.4 is 0 Å². The summed E-state index contributed by atoms with van der Waals surface area (Å²) in [6.45, 7) is 4.32. The molecule has 9 aromatic rings. The first-order valence-electron chi connectivity index (χ1n) is 18.9. The Labute approximate surface area is 348 Å². The molecule has 7 aromatic carbocycles. The smallest absolute Gasteiger partial charge is 0.161 e. The third-order valence-corrected chi connectivity index (χ3v) is 10.1. The van der Waals surface area contributed by atoms with Crippen molar-refractivity contribution in [1.82, 2.24) is 15.0 Å². The van der Waals surface area contributed by atoms with E-state index in [4.69, 9.17) is 15.0 Å². The van der Waals surface area contributed by atoms with Crippen LogP contribution in [-0.4, -0.2) is 15.0 Å². The van der Waals surface area contributed by atoms with Gasteiger partial charge in [-0.25, -0.2) is 9.97 Å². The standard InChI is InChI=1S/C53H38N3.Ir/c1-36-29-37(2)31-45(30-36)46-23-12-13-24-47(46)48-27-25-43(33-49(48)42-22-14-21-41(32-42)38-15-6-3-7-16-38)50-28-26-44(35-54-50)53-55-51(39-17-8-4-9-18-39)34-52(56-53)40-19-10-5-11-20-40;/h3-24,26-35H,1-2H3;/q-1;. The molecule has 2 aromatic heterocycles. The van der Waals surface area contributed by atoms with Crippen LogP contribution in [0.2, 0.25) is 0 Å². The Morgan fingerprint density at radius 2 is 0.930 bits per heavy atom. The Kier molecular flexibility index (Phi) is 10.9. The van der Waals surface area contributed by atoms with Gasteiger partial charge in [0.1, 0.15) is 0 Å². The molecule has 1 radical (unpaired) electrons. The molecule has 0 saturated carbocycles. The summed E-state index contributed by atoms with van der Waals surface area (Å²) in [5.41, 5.74) is 18.1. The summed E-state index contributed by atoms with van der Waals surface area (Å²) in [4.78, 5) is 15.0. The van der Waals surface area contributed by atoms with Crippen LogP contribution in [0.15, 0.2) is 194 Å². The zero-order valence-corrected chi connectivity index (χ0v) is 34.0. The maximum atomic E-state index is 5.02. The van der Waals surface area contributed by atoms with E-state index < -0.39 is 0 Å². The van der Waals surface area contributed by atoms with E-state index in [2.05, 4.69) is 172 Å². The molecule has 0 aliphatic carbocycles. The fourth-order valence-electron chi connectivity index (χ4n) is 7.47. The van der Waals surface area contributed by atoms with Crippen molar-refractivity contribution < 1.29 is 20.1 Å². The van der Waals surface area contributed by atoms with E-state index in [0.29, 0.717) is 5.82 Å². The van der Waals surface area contributed by atoms with E-state index >= 15 is 0 Å². The molecule has 0 fully saturated rings. The summed E-state index contributed by atoms with van der Waals surface area (Å²) in [5, 5.41) is 0. The SMILES string of the molecule is Cc1cc(C)cc(-c2ccccc2-c2c[c-]c(-c3ccc(-c4nc(-c5ccccc5)cc(-c5ccccc5)n4)cn3)cc2-c2cccc(-c3ccccc3)c2)c1.[Ir]. The zero-order valence-electron chi connectivity index (χ0n) is 31.7. The Balaban J connectivity index is 0.00000455. The van der Waals surface area contributed by atoms with Gasteiger partial charge in [0.15, 0.2) is 5.82 Å². The van der Waals surface area contributed by atoms with Gasteiger partial charge in [0.25, 0.3) is 0 Å². The van der Waals surface area contributed by atoms with Crippen molar-refractivity contribution >= 4 is 0 Å². The van der Waals surface area contributed by atoms with E-state index in [1.807, 2.05) is 42.6 Å². The van der Waals surface area contributed by atoms with Crippen molar-refractivity contribution in [3.8, 4) is 89.7 Å². The first kappa shape index (κ1) is 37.3. The number of hydrogen-bond donors (Lipinski definition) is 0. The maximum Gasteiger partial charge on any atom is 0.161 e. The minimum absolute atomic E-state index is 0. The second-order valence-electron chi connectivity index (χ2n) is 14.2. The number of pyridine rings is 1. The molecule has 2 heterocycles. The third-order valence-electron chi connectivity index (χ3n) is 10.1. The van der Waals surface area contributed by atoms with E-state index in [9.17, 15) is 0 Å². The van der Waals surface area contributed by atoms with E-state index in [0.717, 1.165) is 61.6 Å². The molecule has 0 saturated heterocycles. The Hall–Kier alpha value is -6.58. The van der Waals surface area contributed by atoms with Gasteiger partial charge in [-0.15, -0.1) is 23.8 Å². The maximum absolute atomic E-state index is 5.02. The Morgan fingerprint density at radius 3 is 1.54 bits per heavy atom. The van der Waals surface area contributed by atoms with Crippen LogP contribution in [0.4, 0.5) is 0 Å². The van der Waals surface area contributed by atoms with Crippen LogP contribution in [0.1, 0.15) is 11.1 Å². The molecule has 57 heavy (non-hydrogen) atoms.